The molecule has 23 heavy (non-hydrogen) atoms. The van der Waals surface area contributed by atoms with E-state index in [-0.39, 0.29) is 11.7 Å². The molecule has 1 saturated heterocycles. The molecule has 0 bridgehead atoms. The van der Waals surface area contributed by atoms with Crippen molar-refractivity contribution in [3.8, 4) is 5.75 Å². The summed E-state index contributed by atoms with van der Waals surface area (Å²) in [5.41, 5.74) is 0.340. The van der Waals surface area contributed by atoms with E-state index >= 15 is 0 Å². The van der Waals surface area contributed by atoms with Gasteiger partial charge < -0.3 is 5.11 Å². The third kappa shape index (κ3) is 2.94. The summed E-state index contributed by atoms with van der Waals surface area (Å²) in [6, 6.07) is 5.59. The molecular weight excluding hydrogens is 312 g/mol. The van der Waals surface area contributed by atoms with Crippen molar-refractivity contribution in [3.63, 3.8) is 0 Å². The molecule has 0 aromatic heterocycles. The van der Waals surface area contributed by atoms with Crippen LogP contribution in [0.4, 0.5) is 0 Å². The van der Waals surface area contributed by atoms with Crippen molar-refractivity contribution >= 4 is 17.5 Å². The maximum absolute atomic E-state index is 12.6. The number of rotatable bonds is 3. The number of aromatic hydroxyl groups is 1. The van der Waals surface area contributed by atoms with E-state index in [1.54, 1.807) is 12.1 Å². The maximum atomic E-state index is 12.6. The van der Waals surface area contributed by atoms with Gasteiger partial charge in [0.05, 0.1) is 5.02 Å². The molecule has 4 nitrogen and oxygen atoms in total. The minimum Gasteiger partial charge on any atom is -0.506 e. The first-order valence-corrected chi connectivity index (χ1v) is 8.88. The third-order valence-corrected chi connectivity index (χ3v) is 5.62. The molecule has 3 rings (SSSR count). The van der Waals surface area contributed by atoms with Crippen LogP contribution >= 0.6 is 11.6 Å². The van der Waals surface area contributed by atoms with Gasteiger partial charge in [0.15, 0.2) is 0 Å². The Kier molecular flexibility index (Phi) is 4.56. The number of hydrazine groups is 1. The SMILES string of the molecule is CC1(C)C(=O)N(C2CCCCCC2)N1Cc1cccc(O)c1Cl. The van der Waals surface area contributed by atoms with Crippen LogP contribution in [0.25, 0.3) is 0 Å². The molecule has 5 heteroatoms. The monoisotopic (exact) mass is 336 g/mol. The van der Waals surface area contributed by atoms with Crippen LogP contribution in [0, 0.1) is 0 Å². The van der Waals surface area contributed by atoms with Gasteiger partial charge in [-0.25, -0.2) is 0 Å². The number of nitrogens with zero attached hydrogens (tertiary/aromatic N) is 2. The number of phenolic OH excluding ortho intramolecular Hbond substituents is 1. The lowest BCUT2D eigenvalue weighted by Gasteiger charge is -2.58. The highest BCUT2D eigenvalue weighted by atomic mass is 35.5. The van der Waals surface area contributed by atoms with Crippen molar-refractivity contribution in [2.24, 2.45) is 0 Å². The van der Waals surface area contributed by atoms with E-state index in [0.29, 0.717) is 17.6 Å². The average molecular weight is 337 g/mol. The van der Waals surface area contributed by atoms with Gasteiger partial charge >= 0.3 is 0 Å². The molecule has 1 N–H and O–H groups in total. The Bertz CT molecular complexity index is 595. The van der Waals surface area contributed by atoms with Crippen molar-refractivity contribution in [2.45, 2.75) is 70.5 Å². The lowest BCUT2D eigenvalue weighted by atomic mass is 9.93. The fourth-order valence-electron chi connectivity index (χ4n) is 3.71. The number of carbonyl (C=O) groups excluding carboxylic acids is 1. The van der Waals surface area contributed by atoms with Gasteiger partial charge in [-0.15, -0.1) is 0 Å². The Morgan fingerprint density at radius 3 is 2.52 bits per heavy atom. The molecular formula is C18H25ClN2O2. The lowest BCUT2D eigenvalue weighted by Crippen LogP contribution is -2.76. The highest BCUT2D eigenvalue weighted by Crippen LogP contribution is 2.39. The molecule has 1 amide bonds. The summed E-state index contributed by atoms with van der Waals surface area (Å²) in [5, 5.41) is 14.3. The summed E-state index contributed by atoms with van der Waals surface area (Å²) in [5.74, 6) is 0.288. The van der Waals surface area contributed by atoms with Crippen molar-refractivity contribution < 1.29 is 9.90 Å². The van der Waals surface area contributed by atoms with Crippen molar-refractivity contribution in [3.05, 3.63) is 28.8 Å². The summed E-state index contributed by atoms with van der Waals surface area (Å²) < 4.78 is 0. The number of benzene rings is 1. The fourth-order valence-corrected chi connectivity index (χ4v) is 3.90. The van der Waals surface area contributed by atoms with E-state index in [2.05, 4.69) is 5.01 Å². The van der Waals surface area contributed by atoms with Crippen LogP contribution in [0.1, 0.15) is 57.9 Å². The zero-order valence-electron chi connectivity index (χ0n) is 13.9. The summed E-state index contributed by atoms with van der Waals surface area (Å²) in [4.78, 5) is 12.6. The van der Waals surface area contributed by atoms with E-state index in [1.165, 1.54) is 25.7 Å². The highest BCUT2D eigenvalue weighted by Gasteiger charge is 2.54. The van der Waals surface area contributed by atoms with Crippen LogP contribution in [0.5, 0.6) is 5.75 Å². The summed E-state index contributed by atoms with van der Waals surface area (Å²) in [7, 11) is 0. The molecule has 1 heterocycles. The van der Waals surface area contributed by atoms with Gasteiger partial charge in [-0.2, -0.15) is 5.01 Å². The number of hydrogen-bond acceptors (Lipinski definition) is 3. The molecule has 1 saturated carbocycles. The molecule has 126 valence electrons. The molecule has 0 spiro atoms. The molecule has 1 aromatic rings. The first-order chi connectivity index (χ1) is 10.9. The average Bonchev–Trinajstić information content (AvgIpc) is 2.80. The van der Waals surface area contributed by atoms with Crippen LogP contribution in [0.2, 0.25) is 5.02 Å². The van der Waals surface area contributed by atoms with Crippen molar-refractivity contribution in [1.82, 2.24) is 10.0 Å². The molecule has 2 fully saturated rings. The van der Waals surface area contributed by atoms with Gasteiger partial charge in [-0.1, -0.05) is 49.4 Å². The number of amides is 1. The zero-order chi connectivity index (χ0) is 16.6. The second-order valence-corrected chi connectivity index (χ2v) is 7.54. The lowest BCUT2D eigenvalue weighted by molar-refractivity contribution is -0.230. The maximum Gasteiger partial charge on any atom is 0.258 e. The normalized spacial score (nSPS) is 22.7. The van der Waals surface area contributed by atoms with Crippen LogP contribution in [-0.2, 0) is 11.3 Å². The van der Waals surface area contributed by atoms with Crippen LogP contribution < -0.4 is 0 Å². The van der Waals surface area contributed by atoms with Gasteiger partial charge in [0.1, 0.15) is 11.3 Å². The third-order valence-electron chi connectivity index (χ3n) is 5.19. The summed E-state index contributed by atoms with van der Waals surface area (Å²) in [6.07, 6.45) is 7.06. The molecule has 2 aliphatic rings. The number of phenols is 1. The second-order valence-electron chi connectivity index (χ2n) is 7.16. The van der Waals surface area contributed by atoms with Gasteiger partial charge in [0.25, 0.3) is 5.91 Å². The minimum absolute atomic E-state index is 0.0924. The number of halogens is 1. The first kappa shape index (κ1) is 16.6. The number of hydrogen-bond donors (Lipinski definition) is 1. The second kappa shape index (κ2) is 6.33. The number of carbonyl (C=O) groups is 1. The Hall–Kier alpha value is -1.26. The molecule has 1 aliphatic carbocycles. The Morgan fingerprint density at radius 2 is 1.87 bits per heavy atom. The molecule has 0 unspecified atom stereocenters. The van der Waals surface area contributed by atoms with E-state index in [1.807, 2.05) is 24.9 Å². The van der Waals surface area contributed by atoms with Gasteiger partial charge in [0, 0.05) is 12.6 Å². The van der Waals surface area contributed by atoms with Crippen LogP contribution in [0.15, 0.2) is 18.2 Å². The van der Waals surface area contributed by atoms with E-state index < -0.39 is 5.54 Å². The highest BCUT2D eigenvalue weighted by molar-refractivity contribution is 6.32. The Labute approximate surface area is 143 Å². The van der Waals surface area contributed by atoms with E-state index in [4.69, 9.17) is 11.6 Å². The van der Waals surface area contributed by atoms with Crippen LogP contribution in [0.3, 0.4) is 0 Å². The molecule has 1 aliphatic heterocycles. The van der Waals surface area contributed by atoms with Gasteiger partial charge in [0.2, 0.25) is 0 Å². The summed E-state index contributed by atoms with van der Waals surface area (Å²) in [6.45, 7) is 4.46. The van der Waals surface area contributed by atoms with Crippen molar-refractivity contribution in [2.75, 3.05) is 0 Å². The molecule has 1 aromatic carbocycles. The van der Waals surface area contributed by atoms with E-state index in [9.17, 15) is 9.90 Å². The first-order valence-electron chi connectivity index (χ1n) is 8.50. The van der Waals surface area contributed by atoms with Crippen molar-refractivity contribution in [1.29, 1.82) is 0 Å². The Morgan fingerprint density at radius 1 is 1.22 bits per heavy atom. The van der Waals surface area contributed by atoms with Gasteiger partial charge in [-0.3, -0.25) is 9.80 Å². The molecule has 0 radical (unpaired) electrons. The quantitative estimate of drug-likeness (QED) is 0.845. The topological polar surface area (TPSA) is 43.8 Å². The van der Waals surface area contributed by atoms with Crippen LogP contribution in [-0.4, -0.2) is 32.6 Å². The smallest absolute Gasteiger partial charge is 0.258 e. The minimum atomic E-state index is -0.513. The zero-order valence-corrected chi connectivity index (χ0v) is 14.6. The fraction of sp³-hybridized carbons (Fsp3) is 0.611. The molecule has 0 atom stereocenters. The summed E-state index contributed by atoms with van der Waals surface area (Å²) >= 11 is 6.23. The standard InChI is InChI=1S/C18H25ClN2O2/c1-18(2)17(23)21(14-9-5-3-4-6-10-14)20(18)12-13-8-7-11-15(22)16(13)19/h7-8,11,14,22H,3-6,9-10,12H2,1-2H3. The Balaban J connectivity index is 1.82. The predicted octanol–water partition coefficient (Wildman–Crippen LogP) is 4.11. The largest absolute Gasteiger partial charge is 0.506 e. The predicted molar refractivity (Wildman–Crippen MR) is 91.1 cm³/mol. The van der Waals surface area contributed by atoms with Gasteiger partial charge in [-0.05, 0) is 38.3 Å². The van der Waals surface area contributed by atoms with E-state index in [0.717, 1.165) is 18.4 Å².